The van der Waals surface area contributed by atoms with Gasteiger partial charge in [0.2, 0.25) is 0 Å². The molecule has 10 heteroatoms. The summed E-state index contributed by atoms with van der Waals surface area (Å²) in [5, 5.41) is 10.6. The lowest BCUT2D eigenvalue weighted by Crippen LogP contribution is -2.47. The molecule has 0 spiro atoms. The van der Waals surface area contributed by atoms with Gasteiger partial charge in [-0.2, -0.15) is 0 Å². The summed E-state index contributed by atoms with van der Waals surface area (Å²) in [7, 11) is -7.70. The van der Waals surface area contributed by atoms with E-state index in [1.807, 2.05) is 0 Å². The number of aliphatic hydroxyl groups excluding tert-OH is 1. The van der Waals surface area contributed by atoms with Crippen LogP contribution in [-0.4, -0.2) is 45.6 Å². The molecule has 0 aliphatic carbocycles. The fraction of sp³-hybridized carbons (Fsp3) is 0.250. The first kappa shape index (κ1) is 19.0. The minimum atomic E-state index is -4.14. The van der Waals surface area contributed by atoms with Crippen LogP contribution in [0.25, 0.3) is 0 Å². The summed E-state index contributed by atoms with van der Waals surface area (Å²) < 4.78 is 51.2. The standard InChI is InChI=1S/C16H17ClN2O5S2/c17-11-1-7-14(8-2-11)26(23,24)19(13-5-3-12(18)4-6-13)15-9-25(21,22)10-16(15)20/h1-8,15-16,20H,9-10,18H2/t15-,16-/m0/s1. The summed E-state index contributed by atoms with van der Waals surface area (Å²) in [5.41, 5.74) is 6.31. The van der Waals surface area contributed by atoms with E-state index in [2.05, 4.69) is 0 Å². The van der Waals surface area contributed by atoms with Gasteiger partial charge in [-0.3, -0.25) is 4.31 Å². The van der Waals surface area contributed by atoms with Crippen molar-refractivity contribution in [3.63, 3.8) is 0 Å². The zero-order valence-corrected chi connectivity index (χ0v) is 15.9. The number of nitrogens with two attached hydrogens (primary N) is 1. The lowest BCUT2D eigenvalue weighted by atomic mass is 10.2. The van der Waals surface area contributed by atoms with E-state index in [0.717, 1.165) is 4.31 Å². The first-order chi connectivity index (χ1) is 12.1. The number of halogens is 1. The Balaban J connectivity index is 2.14. The van der Waals surface area contributed by atoms with E-state index in [0.29, 0.717) is 10.7 Å². The van der Waals surface area contributed by atoms with E-state index < -0.39 is 43.5 Å². The van der Waals surface area contributed by atoms with E-state index in [1.165, 1.54) is 48.5 Å². The van der Waals surface area contributed by atoms with Crippen molar-refractivity contribution in [3.8, 4) is 0 Å². The Morgan fingerprint density at radius 1 is 1.04 bits per heavy atom. The maximum Gasteiger partial charge on any atom is 0.264 e. The zero-order chi connectivity index (χ0) is 19.1. The number of aliphatic hydroxyl groups is 1. The van der Waals surface area contributed by atoms with Crippen molar-refractivity contribution < 1.29 is 21.9 Å². The highest BCUT2D eigenvalue weighted by Gasteiger charge is 2.45. The molecule has 0 unspecified atom stereocenters. The molecule has 3 N–H and O–H groups in total. The highest BCUT2D eigenvalue weighted by molar-refractivity contribution is 7.93. The van der Waals surface area contributed by atoms with Crippen LogP contribution in [0, 0.1) is 0 Å². The Labute approximate surface area is 157 Å². The maximum absolute atomic E-state index is 13.2. The van der Waals surface area contributed by atoms with Gasteiger partial charge in [-0.05, 0) is 48.5 Å². The highest BCUT2D eigenvalue weighted by Crippen LogP contribution is 2.32. The van der Waals surface area contributed by atoms with E-state index in [1.54, 1.807) is 0 Å². The third-order valence-corrected chi connectivity index (χ3v) is 7.93. The van der Waals surface area contributed by atoms with Crippen molar-refractivity contribution in [1.82, 2.24) is 0 Å². The fourth-order valence-corrected chi connectivity index (χ4v) is 6.55. The summed E-state index contributed by atoms with van der Waals surface area (Å²) in [6, 6.07) is 10.3. The number of nitrogens with zero attached hydrogens (tertiary/aromatic N) is 1. The molecule has 1 fully saturated rings. The van der Waals surface area contributed by atoms with Crippen LogP contribution in [0.15, 0.2) is 53.4 Å². The lowest BCUT2D eigenvalue weighted by Gasteiger charge is -2.31. The Morgan fingerprint density at radius 3 is 2.12 bits per heavy atom. The van der Waals surface area contributed by atoms with Gasteiger partial charge in [0, 0.05) is 10.7 Å². The first-order valence-corrected chi connectivity index (χ1v) is 11.3. The predicted molar refractivity (Wildman–Crippen MR) is 100 cm³/mol. The van der Waals surface area contributed by atoms with Gasteiger partial charge in [0.05, 0.1) is 34.2 Å². The smallest absolute Gasteiger partial charge is 0.264 e. The van der Waals surface area contributed by atoms with Crippen molar-refractivity contribution in [2.24, 2.45) is 0 Å². The molecule has 3 rings (SSSR count). The molecule has 0 radical (unpaired) electrons. The van der Waals surface area contributed by atoms with E-state index in [9.17, 15) is 21.9 Å². The number of hydrogen-bond acceptors (Lipinski definition) is 6. The molecule has 26 heavy (non-hydrogen) atoms. The minimum absolute atomic E-state index is 0.0600. The van der Waals surface area contributed by atoms with Crippen LogP contribution in [0.5, 0.6) is 0 Å². The molecule has 2 aromatic carbocycles. The molecule has 2 atom stereocenters. The SMILES string of the molecule is Nc1ccc(N([C@H]2CS(=O)(=O)C[C@@H]2O)S(=O)(=O)c2ccc(Cl)cc2)cc1. The van der Waals surface area contributed by atoms with Crippen LogP contribution in [-0.2, 0) is 19.9 Å². The van der Waals surface area contributed by atoms with Crippen LogP contribution in [0.4, 0.5) is 11.4 Å². The van der Waals surface area contributed by atoms with Crippen molar-refractivity contribution in [1.29, 1.82) is 0 Å². The maximum atomic E-state index is 13.2. The first-order valence-electron chi connectivity index (χ1n) is 7.64. The zero-order valence-electron chi connectivity index (χ0n) is 13.5. The van der Waals surface area contributed by atoms with Crippen molar-refractivity contribution in [3.05, 3.63) is 53.6 Å². The number of anilines is 2. The fourth-order valence-electron chi connectivity index (χ4n) is 2.88. The topological polar surface area (TPSA) is 118 Å². The number of sulfone groups is 1. The molecule has 140 valence electrons. The summed E-state index contributed by atoms with van der Waals surface area (Å²) in [5.74, 6) is -0.954. The number of rotatable bonds is 4. The number of sulfonamides is 1. The summed E-state index contributed by atoms with van der Waals surface area (Å²) >= 11 is 5.82. The third-order valence-electron chi connectivity index (χ3n) is 4.11. The summed E-state index contributed by atoms with van der Waals surface area (Å²) in [6.07, 6.45) is -1.33. The quantitative estimate of drug-likeness (QED) is 0.725. The largest absolute Gasteiger partial charge is 0.399 e. The normalized spacial score (nSPS) is 22.2. The van der Waals surface area contributed by atoms with Crippen LogP contribution >= 0.6 is 11.6 Å². The average Bonchev–Trinajstić information content (AvgIpc) is 2.82. The van der Waals surface area contributed by atoms with Crippen molar-refractivity contribution in [2.45, 2.75) is 17.0 Å². The van der Waals surface area contributed by atoms with Crippen LogP contribution < -0.4 is 10.0 Å². The Kier molecular flexibility index (Phi) is 4.91. The molecular weight excluding hydrogens is 400 g/mol. The van der Waals surface area contributed by atoms with Gasteiger partial charge in [0.25, 0.3) is 10.0 Å². The molecule has 2 aromatic rings. The molecule has 0 saturated carbocycles. The molecule has 7 nitrogen and oxygen atoms in total. The Bertz CT molecular complexity index is 1010. The predicted octanol–water partition coefficient (Wildman–Crippen LogP) is 1.28. The van der Waals surface area contributed by atoms with Gasteiger partial charge in [-0.15, -0.1) is 0 Å². The second-order valence-corrected chi connectivity index (χ2v) is 10.5. The Hall–Kier alpha value is -1.81. The van der Waals surface area contributed by atoms with E-state index in [4.69, 9.17) is 17.3 Å². The molecule has 1 aliphatic rings. The van der Waals surface area contributed by atoms with Crippen LogP contribution in [0.3, 0.4) is 0 Å². The van der Waals surface area contributed by atoms with Gasteiger partial charge < -0.3 is 10.8 Å². The number of hydrogen-bond donors (Lipinski definition) is 2. The Morgan fingerprint density at radius 2 is 1.62 bits per heavy atom. The lowest BCUT2D eigenvalue weighted by molar-refractivity contribution is 0.184. The third kappa shape index (κ3) is 3.66. The van der Waals surface area contributed by atoms with Gasteiger partial charge in [-0.1, -0.05) is 11.6 Å². The number of nitrogen functional groups attached to an aromatic ring is 1. The number of benzene rings is 2. The van der Waals surface area contributed by atoms with Crippen LogP contribution in [0.2, 0.25) is 5.02 Å². The van der Waals surface area contributed by atoms with Crippen molar-refractivity contribution >= 4 is 42.8 Å². The summed E-state index contributed by atoms with van der Waals surface area (Å²) in [4.78, 5) is -0.0600. The van der Waals surface area contributed by atoms with Gasteiger partial charge in [-0.25, -0.2) is 16.8 Å². The molecular formula is C16H17ClN2O5S2. The molecule has 1 aliphatic heterocycles. The molecule has 0 amide bonds. The van der Waals surface area contributed by atoms with E-state index >= 15 is 0 Å². The van der Waals surface area contributed by atoms with E-state index in [-0.39, 0.29) is 10.6 Å². The second-order valence-electron chi connectivity index (χ2n) is 6.06. The van der Waals surface area contributed by atoms with Crippen molar-refractivity contribution in [2.75, 3.05) is 21.5 Å². The van der Waals surface area contributed by atoms with Gasteiger partial charge >= 0.3 is 0 Å². The molecule has 0 aromatic heterocycles. The van der Waals surface area contributed by atoms with Gasteiger partial charge in [0.1, 0.15) is 0 Å². The average molecular weight is 417 g/mol. The monoisotopic (exact) mass is 416 g/mol. The van der Waals surface area contributed by atoms with Gasteiger partial charge in [0.15, 0.2) is 9.84 Å². The highest BCUT2D eigenvalue weighted by atomic mass is 35.5. The molecule has 1 saturated heterocycles. The second kappa shape index (κ2) is 6.73. The molecule has 0 bridgehead atoms. The van der Waals surface area contributed by atoms with Crippen LogP contribution in [0.1, 0.15) is 0 Å². The summed E-state index contributed by atoms with van der Waals surface area (Å²) in [6.45, 7) is 0. The molecule has 1 heterocycles. The minimum Gasteiger partial charge on any atom is -0.399 e.